The summed E-state index contributed by atoms with van der Waals surface area (Å²) >= 11 is 6.07. The number of aromatic nitrogens is 3. The van der Waals surface area contributed by atoms with Crippen LogP contribution in [0.25, 0.3) is 10.9 Å². The number of H-pyrrole nitrogens is 1. The van der Waals surface area contributed by atoms with E-state index in [0.29, 0.717) is 22.5 Å². The smallest absolute Gasteiger partial charge is 0.341 e. The lowest BCUT2D eigenvalue weighted by Crippen LogP contribution is -2.17. The summed E-state index contributed by atoms with van der Waals surface area (Å²) in [5, 5.41) is 14.1. The van der Waals surface area contributed by atoms with Crippen molar-refractivity contribution in [2.24, 2.45) is 0 Å². The number of hydrogen-bond donors (Lipinski definition) is 2. The van der Waals surface area contributed by atoms with Crippen molar-refractivity contribution in [3.63, 3.8) is 0 Å². The van der Waals surface area contributed by atoms with Gasteiger partial charge >= 0.3 is 5.97 Å². The third kappa shape index (κ3) is 2.53. The number of pyridine rings is 1. The molecule has 21 heavy (non-hydrogen) atoms. The van der Waals surface area contributed by atoms with Crippen molar-refractivity contribution in [3.8, 4) is 0 Å². The van der Waals surface area contributed by atoms with Crippen molar-refractivity contribution in [2.45, 2.75) is 6.54 Å². The molecule has 3 aromatic rings. The van der Waals surface area contributed by atoms with Gasteiger partial charge in [-0.05, 0) is 29.8 Å². The van der Waals surface area contributed by atoms with E-state index in [9.17, 15) is 9.59 Å². The summed E-state index contributed by atoms with van der Waals surface area (Å²) in [6, 6.07) is 6.46. The lowest BCUT2D eigenvalue weighted by Gasteiger charge is -2.08. The SMILES string of the molecule is O=C(O)c1cc2cc(Cl)cc(Cn3cccn3)c2[nH]c1=O. The molecular formula is C14H10ClN3O3. The Morgan fingerprint density at radius 2 is 2.19 bits per heavy atom. The van der Waals surface area contributed by atoms with Gasteiger partial charge in [0.25, 0.3) is 5.56 Å². The van der Waals surface area contributed by atoms with Crippen LogP contribution in [0.4, 0.5) is 0 Å². The number of nitrogens with zero attached hydrogens (tertiary/aromatic N) is 2. The number of aromatic carboxylic acids is 1. The highest BCUT2D eigenvalue weighted by Crippen LogP contribution is 2.23. The summed E-state index contributed by atoms with van der Waals surface area (Å²) in [7, 11) is 0. The minimum Gasteiger partial charge on any atom is -0.477 e. The molecule has 0 saturated heterocycles. The third-order valence-corrected chi connectivity index (χ3v) is 3.34. The van der Waals surface area contributed by atoms with Gasteiger partial charge in [0.15, 0.2) is 0 Å². The minimum atomic E-state index is -1.27. The van der Waals surface area contributed by atoms with Crippen molar-refractivity contribution < 1.29 is 9.90 Å². The van der Waals surface area contributed by atoms with Gasteiger partial charge in [0.2, 0.25) is 0 Å². The van der Waals surface area contributed by atoms with Crippen molar-refractivity contribution in [3.05, 3.63) is 63.2 Å². The van der Waals surface area contributed by atoms with Gasteiger partial charge in [0.1, 0.15) is 5.56 Å². The number of fused-ring (bicyclic) bond motifs is 1. The van der Waals surface area contributed by atoms with Gasteiger partial charge in [0.05, 0.1) is 12.1 Å². The van der Waals surface area contributed by atoms with Gasteiger partial charge in [-0.25, -0.2) is 4.79 Å². The van der Waals surface area contributed by atoms with Gasteiger partial charge in [-0.1, -0.05) is 11.6 Å². The first-order chi connectivity index (χ1) is 10.0. The molecule has 2 N–H and O–H groups in total. The van der Waals surface area contributed by atoms with E-state index in [2.05, 4.69) is 10.1 Å². The highest BCUT2D eigenvalue weighted by atomic mass is 35.5. The second-order valence-electron chi connectivity index (χ2n) is 4.55. The molecule has 0 unspecified atom stereocenters. The molecule has 0 fully saturated rings. The van der Waals surface area contributed by atoms with E-state index in [1.807, 2.05) is 0 Å². The van der Waals surface area contributed by atoms with Gasteiger partial charge < -0.3 is 10.1 Å². The number of carbonyl (C=O) groups is 1. The zero-order valence-electron chi connectivity index (χ0n) is 10.7. The average molecular weight is 304 g/mol. The molecule has 0 aliphatic heterocycles. The Hall–Kier alpha value is -2.60. The number of carboxylic acid groups (broad SMARTS) is 1. The van der Waals surface area contributed by atoms with Gasteiger partial charge in [-0.15, -0.1) is 0 Å². The average Bonchev–Trinajstić information content (AvgIpc) is 2.91. The third-order valence-electron chi connectivity index (χ3n) is 3.12. The predicted molar refractivity (Wildman–Crippen MR) is 77.9 cm³/mol. The number of hydrogen-bond acceptors (Lipinski definition) is 3. The van der Waals surface area contributed by atoms with Crippen LogP contribution in [0.2, 0.25) is 5.02 Å². The maximum Gasteiger partial charge on any atom is 0.341 e. The number of aromatic amines is 1. The van der Waals surface area contributed by atoms with Crippen molar-refractivity contribution >= 4 is 28.5 Å². The highest BCUT2D eigenvalue weighted by molar-refractivity contribution is 6.31. The van der Waals surface area contributed by atoms with Gasteiger partial charge in [-0.2, -0.15) is 5.10 Å². The first-order valence-corrected chi connectivity index (χ1v) is 6.48. The number of rotatable bonds is 3. The normalized spacial score (nSPS) is 10.9. The van der Waals surface area contributed by atoms with E-state index in [-0.39, 0.29) is 5.56 Å². The Balaban J connectivity index is 2.22. The predicted octanol–water partition coefficient (Wildman–Crippen LogP) is 2.12. The van der Waals surface area contributed by atoms with Gasteiger partial charge in [0, 0.05) is 22.8 Å². The molecule has 7 heteroatoms. The monoisotopic (exact) mass is 303 g/mol. The highest BCUT2D eigenvalue weighted by Gasteiger charge is 2.13. The summed E-state index contributed by atoms with van der Waals surface area (Å²) in [5.41, 5.74) is 0.369. The summed E-state index contributed by atoms with van der Waals surface area (Å²) < 4.78 is 1.69. The van der Waals surface area contributed by atoms with E-state index in [0.717, 1.165) is 5.56 Å². The fraction of sp³-hybridized carbons (Fsp3) is 0.0714. The largest absolute Gasteiger partial charge is 0.477 e. The summed E-state index contributed by atoms with van der Waals surface area (Å²) in [6.07, 6.45) is 3.44. The summed E-state index contributed by atoms with van der Waals surface area (Å²) in [5.74, 6) is -1.27. The van der Waals surface area contributed by atoms with Crippen LogP contribution in [0.5, 0.6) is 0 Å². The van der Waals surface area contributed by atoms with Crippen LogP contribution in [0.3, 0.4) is 0 Å². The van der Waals surface area contributed by atoms with Crippen molar-refractivity contribution in [1.82, 2.24) is 14.8 Å². The first-order valence-electron chi connectivity index (χ1n) is 6.11. The molecule has 0 bridgehead atoms. The Kier molecular flexibility index (Phi) is 3.23. The lowest BCUT2D eigenvalue weighted by molar-refractivity contribution is 0.0695. The van der Waals surface area contributed by atoms with Crippen LogP contribution < -0.4 is 5.56 Å². The first kappa shape index (κ1) is 13.4. The van der Waals surface area contributed by atoms with Crippen LogP contribution in [-0.2, 0) is 6.54 Å². The summed E-state index contributed by atoms with van der Waals surface area (Å²) in [4.78, 5) is 25.5. The minimum absolute atomic E-state index is 0.310. The molecule has 0 aliphatic carbocycles. The molecule has 0 atom stereocenters. The molecule has 2 heterocycles. The molecular weight excluding hydrogens is 294 g/mol. The van der Waals surface area contributed by atoms with Crippen LogP contribution in [0.15, 0.2) is 41.5 Å². The standard InChI is InChI=1S/C14H10ClN3O3/c15-10-4-8-6-11(14(20)21)13(19)17-12(8)9(5-10)7-18-3-1-2-16-18/h1-6H,7H2,(H,17,19)(H,20,21). The number of carboxylic acids is 1. The fourth-order valence-electron chi connectivity index (χ4n) is 2.21. The fourth-order valence-corrected chi connectivity index (χ4v) is 2.46. The van der Waals surface area contributed by atoms with Crippen LogP contribution in [0, 0.1) is 0 Å². The van der Waals surface area contributed by atoms with Gasteiger partial charge in [-0.3, -0.25) is 9.48 Å². The molecule has 2 aromatic heterocycles. The number of nitrogens with one attached hydrogen (secondary N) is 1. The molecule has 3 rings (SSSR count). The van der Waals surface area contributed by atoms with E-state index in [1.165, 1.54) is 6.07 Å². The molecule has 6 nitrogen and oxygen atoms in total. The van der Waals surface area contributed by atoms with Crippen LogP contribution >= 0.6 is 11.6 Å². The molecule has 0 aliphatic rings. The topological polar surface area (TPSA) is 88.0 Å². The second kappa shape index (κ2) is 5.06. The molecule has 0 radical (unpaired) electrons. The van der Waals surface area contributed by atoms with Crippen molar-refractivity contribution in [1.29, 1.82) is 0 Å². The number of benzene rings is 1. The molecule has 1 aromatic carbocycles. The van der Waals surface area contributed by atoms with E-state index < -0.39 is 11.5 Å². The zero-order chi connectivity index (χ0) is 15.0. The maximum absolute atomic E-state index is 11.8. The summed E-state index contributed by atoms with van der Waals surface area (Å²) in [6.45, 7) is 0.423. The van der Waals surface area contributed by atoms with Crippen molar-refractivity contribution in [2.75, 3.05) is 0 Å². The molecule has 0 spiro atoms. The van der Waals surface area contributed by atoms with Crippen LogP contribution in [-0.4, -0.2) is 25.8 Å². The van der Waals surface area contributed by atoms with E-state index >= 15 is 0 Å². The quantitative estimate of drug-likeness (QED) is 0.776. The maximum atomic E-state index is 11.8. The Labute approximate surface area is 123 Å². The molecule has 0 amide bonds. The van der Waals surface area contributed by atoms with E-state index in [4.69, 9.17) is 16.7 Å². The second-order valence-corrected chi connectivity index (χ2v) is 4.99. The Morgan fingerprint density at radius 3 is 2.86 bits per heavy atom. The van der Waals surface area contributed by atoms with E-state index in [1.54, 1.807) is 35.3 Å². The Bertz CT molecular complexity index is 884. The Morgan fingerprint density at radius 1 is 1.38 bits per heavy atom. The molecule has 106 valence electrons. The van der Waals surface area contributed by atoms with Crippen LogP contribution in [0.1, 0.15) is 15.9 Å². The molecule has 0 saturated carbocycles. The lowest BCUT2D eigenvalue weighted by atomic mass is 10.1. The number of halogens is 1. The zero-order valence-corrected chi connectivity index (χ0v) is 11.5.